The van der Waals surface area contributed by atoms with E-state index >= 15 is 0 Å². The predicted molar refractivity (Wildman–Crippen MR) is 78.3 cm³/mol. The summed E-state index contributed by atoms with van der Waals surface area (Å²) in [7, 11) is 3.14. The van der Waals surface area contributed by atoms with E-state index in [0.29, 0.717) is 23.6 Å². The summed E-state index contributed by atoms with van der Waals surface area (Å²) < 4.78 is 10.4. The maximum atomic E-state index is 10.3. The van der Waals surface area contributed by atoms with Crippen molar-refractivity contribution < 1.29 is 19.7 Å². The highest BCUT2D eigenvalue weighted by Gasteiger charge is 2.25. The van der Waals surface area contributed by atoms with Crippen molar-refractivity contribution in [1.82, 2.24) is 5.32 Å². The van der Waals surface area contributed by atoms with Gasteiger partial charge in [-0.1, -0.05) is 0 Å². The molecule has 1 aromatic rings. The lowest BCUT2D eigenvalue weighted by Crippen LogP contribution is -2.49. The Labute approximate surface area is 120 Å². The van der Waals surface area contributed by atoms with E-state index in [1.807, 2.05) is 13.8 Å². The molecule has 1 aromatic carbocycles. The molecule has 0 fully saturated rings. The SMILES string of the molecule is COc1ccc(OC)c(C(O)CNC(C)(C)C(C)O)c1. The Bertz CT molecular complexity index is 432. The molecule has 3 N–H and O–H groups in total. The fourth-order valence-corrected chi connectivity index (χ4v) is 1.72. The molecule has 0 aliphatic rings. The predicted octanol–water partition coefficient (Wildman–Crippen LogP) is 1.49. The van der Waals surface area contributed by atoms with Crippen molar-refractivity contribution in [3.8, 4) is 11.5 Å². The van der Waals surface area contributed by atoms with Gasteiger partial charge in [0.25, 0.3) is 0 Å². The van der Waals surface area contributed by atoms with Crippen LogP contribution < -0.4 is 14.8 Å². The van der Waals surface area contributed by atoms with Crippen molar-refractivity contribution in [3.05, 3.63) is 23.8 Å². The number of methoxy groups -OCH3 is 2. The van der Waals surface area contributed by atoms with Crippen LogP contribution in [0.4, 0.5) is 0 Å². The van der Waals surface area contributed by atoms with Crippen LogP contribution in [0, 0.1) is 0 Å². The Hall–Kier alpha value is -1.30. The molecule has 5 heteroatoms. The van der Waals surface area contributed by atoms with Crippen LogP contribution in [0.2, 0.25) is 0 Å². The van der Waals surface area contributed by atoms with E-state index in [-0.39, 0.29) is 0 Å². The number of aliphatic hydroxyl groups is 2. The van der Waals surface area contributed by atoms with Gasteiger partial charge in [0.05, 0.1) is 26.4 Å². The van der Waals surface area contributed by atoms with Gasteiger partial charge in [0.15, 0.2) is 0 Å². The van der Waals surface area contributed by atoms with Gasteiger partial charge in [-0.15, -0.1) is 0 Å². The van der Waals surface area contributed by atoms with Crippen LogP contribution in [0.3, 0.4) is 0 Å². The zero-order valence-electron chi connectivity index (χ0n) is 12.8. The van der Waals surface area contributed by atoms with Gasteiger partial charge in [-0.25, -0.2) is 0 Å². The summed E-state index contributed by atoms with van der Waals surface area (Å²) in [5.41, 5.74) is 0.174. The molecule has 2 unspecified atom stereocenters. The summed E-state index contributed by atoms with van der Waals surface area (Å²) in [6.07, 6.45) is -1.28. The Morgan fingerprint density at radius 1 is 1.20 bits per heavy atom. The van der Waals surface area contributed by atoms with E-state index in [0.717, 1.165) is 0 Å². The second-order valence-corrected chi connectivity index (χ2v) is 5.40. The molecule has 0 amide bonds. The number of nitrogens with one attached hydrogen (secondary N) is 1. The van der Waals surface area contributed by atoms with Crippen molar-refractivity contribution in [2.75, 3.05) is 20.8 Å². The maximum absolute atomic E-state index is 10.3. The largest absolute Gasteiger partial charge is 0.497 e. The van der Waals surface area contributed by atoms with Crippen molar-refractivity contribution >= 4 is 0 Å². The molecule has 1 rings (SSSR count). The Morgan fingerprint density at radius 2 is 1.85 bits per heavy atom. The molecular weight excluding hydrogens is 258 g/mol. The van der Waals surface area contributed by atoms with Crippen molar-refractivity contribution in [3.63, 3.8) is 0 Å². The number of aliphatic hydroxyl groups excluding tert-OH is 2. The van der Waals surface area contributed by atoms with Crippen molar-refractivity contribution in [1.29, 1.82) is 0 Å². The van der Waals surface area contributed by atoms with Gasteiger partial charge < -0.3 is 25.0 Å². The lowest BCUT2D eigenvalue weighted by atomic mass is 9.98. The maximum Gasteiger partial charge on any atom is 0.124 e. The van der Waals surface area contributed by atoms with Gasteiger partial charge >= 0.3 is 0 Å². The molecule has 20 heavy (non-hydrogen) atoms. The average molecular weight is 283 g/mol. The fourth-order valence-electron chi connectivity index (χ4n) is 1.72. The number of hydrogen-bond acceptors (Lipinski definition) is 5. The minimum atomic E-state index is -0.752. The topological polar surface area (TPSA) is 71.0 Å². The number of β-amino-alcohol motifs (C(OH)–C–C–N with tert-alkyl or cyclic N) is 1. The van der Waals surface area contributed by atoms with E-state index in [1.54, 1.807) is 39.3 Å². The highest BCUT2D eigenvalue weighted by molar-refractivity contribution is 5.41. The van der Waals surface area contributed by atoms with Crippen LogP contribution in [-0.2, 0) is 0 Å². The summed E-state index contributed by atoms with van der Waals surface area (Å²) in [5.74, 6) is 1.27. The molecule has 0 saturated heterocycles. The third-order valence-corrected chi connectivity index (χ3v) is 3.59. The van der Waals surface area contributed by atoms with Crippen LogP contribution in [0.15, 0.2) is 18.2 Å². The number of benzene rings is 1. The molecule has 0 spiro atoms. The highest BCUT2D eigenvalue weighted by Crippen LogP contribution is 2.29. The number of ether oxygens (including phenoxy) is 2. The first-order valence-corrected chi connectivity index (χ1v) is 6.65. The van der Waals surface area contributed by atoms with Gasteiger partial charge in [-0.3, -0.25) is 0 Å². The average Bonchev–Trinajstić information content (AvgIpc) is 2.43. The second-order valence-electron chi connectivity index (χ2n) is 5.40. The molecular formula is C15H25NO4. The first-order chi connectivity index (χ1) is 9.31. The van der Waals surface area contributed by atoms with Crippen LogP contribution in [0.1, 0.15) is 32.4 Å². The van der Waals surface area contributed by atoms with Crippen molar-refractivity contribution in [2.24, 2.45) is 0 Å². The van der Waals surface area contributed by atoms with Crippen LogP contribution in [-0.4, -0.2) is 42.6 Å². The van der Waals surface area contributed by atoms with E-state index in [2.05, 4.69) is 5.32 Å². The first kappa shape index (κ1) is 16.8. The van der Waals surface area contributed by atoms with E-state index in [1.165, 1.54) is 0 Å². The minimum Gasteiger partial charge on any atom is -0.497 e. The van der Waals surface area contributed by atoms with Crippen LogP contribution in [0.25, 0.3) is 0 Å². The molecule has 0 bridgehead atoms. The Balaban J connectivity index is 2.83. The fraction of sp³-hybridized carbons (Fsp3) is 0.600. The van der Waals surface area contributed by atoms with E-state index in [9.17, 15) is 10.2 Å². The minimum absolute atomic E-state index is 0.307. The van der Waals surface area contributed by atoms with Crippen molar-refractivity contribution in [2.45, 2.75) is 38.5 Å². The second kappa shape index (κ2) is 6.92. The normalized spacial score (nSPS) is 14.8. The van der Waals surface area contributed by atoms with Gasteiger partial charge in [-0.2, -0.15) is 0 Å². The smallest absolute Gasteiger partial charge is 0.124 e. The third-order valence-electron chi connectivity index (χ3n) is 3.59. The van der Waals surface area contributed by atoms with Gasteiger partial charge in [0, 0.05) is 17.6 Å². The van der Waals surface area contributed by atoms with Crippen LogP contribution >= 0.6 is 0 Å². The Kier molecular flexibility index (Phi) is 5.80. The Morgan fingerprint density at radius 3 is 2.35 bits per heavy atom. The molecule has 0 heterocycles. The lowest BCUT2D eigenvalue weighted by Gasteiger charge is -2.31. The third kappa shape index (κ3) is 4.10. The molecule has 0 aromatic heterocycles. The summed E-state index contributed by atoms with van der Waals surface area (Å²) in [4.78, 5) is 0. The first-order valence-electron chi connectivity index (χ1n) is 6.65. The molecule has 0 aliphatic carbocycles. The quantitative estimate of drug-likeness (QED) is 0.707. The zero-order chi connectivity index (χ0) is 15.3. The molecule has 2 atom stereocenters. The van der Waals surface area contributed by atoms with Crippen LogP contribution in [0.5, 0.6) is 11.5 Å². The van der Waals surface area contributed by atoms with Gasteiger partial charge in [-0.05, 0) is 39.0 Å². The molecule has 0 saturated carbocycles. The summed E-state index contributed by atoms with van der Waals surface area (Å²) in [5, 5.41) is 23.1. The molecule has 0 aliphatic heterocycles. The highest BCUT2D eigenvalue weighted by atomic mass is 16.5. The summed E-state index contributed by atoms with van der Waals surface area (Å²) >= 11 is 0. The molecule has 5 nitrogen and oxygen atoms in total. The number of rotatable bonds is 7. The summed E-state index contributed by atoms with van der Waals surface area (Å²) in [6, 6.07) is 5.29. The molecule has 114 valence electrons. The van der Waals surface area contributed by atoms with Gasteiger partial charge in [0.1, 0.15) is 11.5 Å². The zero-order valence-corrected chi connectivity index (χ0v) is 12.8. The molecule has 0 radical (unpaired) electrons. The number of hydrogen-bond donors (Lipinski definition) is 3. The standard InChI is InChI=1S/C15H25NO4/c1-10(17)15(2,3)16-9-13(18)12-8-11(19-4)6-7-14(12)20-5/h6-8,10,13,16-18H,9H2,1-5H3. The monoisotopic (exact) mass is 283 g/mol. The lowest BCUT2D eigenvalue weighted by molar-refractivity contribution is 0.0798. The van der Waals surface area contributed by atoms with E-state index in [4.69, 9.17) is 9.47 Å². The van der Waals surface area contributed by atoms with Gasteiger partial charge in [0.2, 0.25) is 0 Å². The summed E-state index contributed by atoms with van der Waals surface area (Å²) in [6.45, 7) is 5.79. The van der Waals surface area contributed by atoms with E-state index < -0.39 is 17.7 Å².